The van der Waals surface area contributed by atoms with Crippen molar-refractivity contribution in [1.82, 2.24) is 10.6 Å². The molecule has 4 heteroatoms. The summed E-state index contributed by atoms with van der Waals surface area (Å²) in [6.07, 6.45) is 5.21. The van der Waals surface area contributed by atoms with Gasteiger partial charge in [0.05, 0.1) is 0 Å². The second-order valence-electron chi connectivity index (χ2n) is 5.45. The van der Waals surface area contributed by atoms with E-state index in [1.807, 2.05) is 0 Å². The highest BCUT2D eigenvalue weighted by Crippen LogP contribution is 2.26. The standard InChI is InChI=1S/C13H27N3O/c1-10(2)15-7-8-16-12-5-3-11(4-6-12)9-13(14)17/h10-12,15-16H,3-9H2,1-2H3,(H2,14,17). The maximum Gasteiger partial charge on any atom is 0.217 e. The Hall–Kier alpha value is -0.610. The van der Waals surface area contributed by atoms with Crippen LogP contribution in [0.1, 0.15) is 46.0 Å². The predicted molar refractivity (Wildman–Crippen MR) is 70.7 cm³/mol. The second kappa shape index (κ2) is 7.67. The van der Waals surface area contributed by atoms with Gasteiger partial charge in [-0.1, -0.05) is 13.8 Å². The van der Waals surface area contributed by atoms with Crippen LogP contribution >= 0.6 is 0 Å². The van der Waals surface area contributed by atoms with Gasteiger partial charge in [-0.3, -0.25) is 4.79 Å². The summed E-state index contributed by atoms with van der Waals surface area (Å²) in [5.41, 5.74) is 5.22. The molecule has 0 unspecified atom stereocenters. The van der Waals surface area contributed by atoms with Gasteiger partial charge in [-0.05, 0) is 31.6 Å². The Labute approximate surface area is 105 Å². The van der Waals surface area contributed by atoms with Crippen LogP contribution in [0.2, 0.25) is 0 Å². The lowest BCUT2D eigenvalue weighted by atomic mass is 9.84. The molecule has 0 atom stereocenters. The van der Waals surface area contributed by atoms with E-state index in [-0.39, 0.29) is 5.91 Å². The number of nitrogens with two attached hydrogens (primary N) is 1. The summed E-state index contributed by atoms with van der Waals surface area (Å²) in [4.78, 5) is 10.8. The first-order chi connectivity index (χ1) is 8.08. The molecule has 4 nitrogen and oxygen atoms in total. The number of carbonyl (C=O) groups excluding carboxylic acids is 1. The summed E-state index contributed by atoms with van der Waals surface area (Å²) in [5, 5.41) is 6.97. The van der Waals surface area contributed by atoms with Crippen LogP contribution in [0, 0.1) is 5.92 Å². The van der Waals surface area contributed by atoms with Gasteiger partial charge in [0.15, 0.2) is 0 Å². The highest BCUT2D eigenvalue weighted by atomic mass is 16.1. The molecule has 17 heavy (non-hydrogen) atoms. The van der Waals surface area contributed by atoms with E-state index in [1.165, 1.54) is 12.8 Å². The number of hydrogen-bond acceptors (Lipinski definition) is 3. The molecule has 0 heterocycles. The van der Waals surface area contributed by atoms with Crippen LogP contribution in [0.15, 0.2) is 0 Å². The Bertz CT molecular complexity index is 223. The van der Waals surface area contributed by atoms with Gasteiger partial charge in [-0.2, -0.15) is 0 Å². The van der Waals surface area contributed by atoms with Crippen LogP contribution in [-0.4, -0.2) is 31.1 Å². The Morgan fingerprint density at radius 3 is 2.41 bits per heavy atom. The van der Waals surface area contributed by atoms with Gasteiger partial charge in [-0.15, -0.1) is 0 Å². The highest BCUT2D eigenvalue weighted by Gasteiger charge is 2.21. The summed E-state index contributed by atoms with van der Waals surface area (Å²) < 4.78 is 0. The Balaban J connectivity index is 2.05. The SMILES string of the molecule is CC(C)NCCNC1CCC(CC(N)=O)CC1. The lowest BCUT2D eigenvalue weighted by molar-refractivity contribution is -0.119. The van der Waals surface area contributed by atoms with Crippen LogP contribution in [0.3, 0.4) is 0 Å². The quantitative estimate of drug-likeness (QED) is 0.583. The minimum atomic E-state index is -0.150. The van der Waals surface area contributed by atoms with Crippen molar-refractivity contribution >= 4 is 5.91 Å². The fourth-order valence-corrected chi connectivity index (χ4v) is 2.49. The molecule has 1 aliphatic rings. The van der Waals surface area contributed by atoms with Crippen molar-refractivity contribution in [2.24, 2.45) is 11.7 Å². The molecule has 0 radical (unpaired) electrons. The number of rotatable bonds is 7. The molecule has 0 aromatic rings. The van der Waals surface area contributed by atoms with Crippen LogP contribution in [-0.2, 0) is 4.79 Å². The van der Waals surface area contributed by atoms with Crippen molar-refractivity contribution in [2.75, 3.05) is 13.1 Å². The van der Waals surface area contributed by atoms with Gasteiger partial charge in [0.2, 0.25) is 5.91 Å². The zero-order valence-corrected chi connectivity index (χ0v) is 11.2. The van der Waals surface area contributed by atoms with E-state index in [4.69, 9.17) is 5.73 Å². The zero-order chi connectivity index (χ0) is 12.7. The van der Waals surface area contributed by atoms with Gasteiger partial charge in [0.25, 0.3) is 0 Å². The summed E-state index contributed by atoms with van der Waals surface area (Å²) in [5.74, 6) is 0.377. The molecule has 100 valence electrons. The van der Waals surface area contributed by atoms with Crippen LogP contribution < -0.4 is 16.4 Å². The normalized spacial score (nSPS) is 25.1. The molecule has 0 aliphatic heterocycles. The van der Waals surface area contributed by atoms with Gasteiger partial charge < -0.3 is 16.4 Å². The van der Waals surface area contributed by atoms with E-state index < -0.39 is 0 Å². The maximum atomic E-state index is 10.8. The first-order valence-corrected chi connectivity index (χ1v) is 6.83. The van der Waals surface area contributed by atoms with Crippen LogP contribution in [0.4, 0.5) is 0 Å². The van der Waals surface area contributed by atoms with Crippen molar-refractivity contribution in [1.29, 1.82) is 0 Å². The van der Waals surface area contributed by atoms with Crippen molar-refractivity contribution in [3.8, 4) is 0 Å². The number of nitrogens with one attached hydrogen (secondary N) is 2. The third-order valence-electron chi connectivity index (χ3n) is 3.45. The number of hydrogen-bond donors (Lipinski definition) is 3. The Morgan fingerprint density at radius 2 is 1.88 bits per heavy atom. The average molecular weight is 241 g/mol. The molecule has 1 saturated carbocycles. The third kappa shape index (κ3) is 6.64. The molecule has 0 aromatic carbocycles. The maximum absolute atomic E-state index is 10.8. The monoisotopic (exact) mass is 241 g/mol. The molecule has 0 spiro atoms. The molecule has 0 aromatic heterocycles. The largest absolute Gasteiger partial charge is 0.370 e. The third-order valence-corrected chi connectivity index (χ3v) is 3.45. The van der Waals surface area contributed by atoms with Crippen molar-refractivity contribution < 1.29 is 4.79 Å². The highest BCUT2D eigenvalue weighted by molar-refractivity contribution is 5.73. The fourth-order valence-electron chi connectivity index (χ4n) is 2.49. The summed E-state index contributed by atoms with van der Waals surface area (Å²) in [7, 11) is 0. The summed E-state index contributed by atoms with van der Waals surface area (Å²) in [6.45, 7) is 6.38. The van der Waals surface area contributed by atoms with E-state index in [9.17, 15) is 4.79 Å². The van der Waals surface area contributed by atoms with E-state index in [0.29, 0.717) is 24.4 Å². The molecule has 0 saturated heterocycles. The Morgan fingerprint density at radius 1 is 1.24 bits per heavy atom. The molecule has 0 bridgehead atoms. The smallest absolute Gasteiger partial charge is 0.217 e. The number of amides is 1. The molecule has 4 N–H and O–H groups in total. The second-order valence-corrected chi connectivity index (χ2v) is 5.45. The van der Waals surface area contributed by atoms with Crippen LogP contribution in [0.5, 0.6) is 0 Å². The van der Waals surface area contributed by atoms with Gasteiger partial charge >= 0.3 is 0 Å². The first kappa shape index (κ1) is 14.5. The van der Waals surface area contributed by atoms with Crippen molar-refractivity contribution in [3.63, 3.8) is 0 Å². The molecule has 1 amide bonds. The summed E-state index contributed by atoms with van der Waals surface area (Å²) in [6, 6.07) is 1.19. The van der Waals surface area contributed by atoms with E-state index >= 15 is 0 Å². The number of primary amides is 1. The van der Waals surface area contributed by atoms with Crippen molar-refractivity contribution in [3.05, 3.63) is 0 Å². The average Bonchev–Trinajstić information content (AvgIpc) is 2.25. The lowest BCUT2D eigenvalue weighted by Crippen LogP contribution is -2.39. The lowest BCUT2D eigenvalue weighted by Gasteiger charge is -2.28. The first-order valence-electron chi connectivity index (χ1n) is 6.83. The van der Waals surface area contributed by atoms with Crippen LogP contribution in [0.25, 0.3) is 0 Å². The minimum Gasteiger partial charge on any atom is -0.370 e. The van der Waals surface area contributed by atoms with E-state index in [2.05, 4.69) is 24.5 Å². The number of carbonyl (C=O) groups is 1. The molecular formula is C13H27N3O. The molecule has 1 aliphatic carbocycles. The fraction of sp³-hybridized carbons (Fsp3) is 0.923. The predicted octanol–water partition coefficient (Wildman–Crippen LogP) is 1.01. The summed E-state index contributed by atoms with van der Waals surface area (Å²) >= 11 is 0. The van der Waals surface area contributed by atoms with Crippen molar-refractivity contribution in [2.45, 2.75) is 58.0 Å². The van der Waals surface area contributed by atoms with Gasteiger partial charge in [0, 0.05) is 31.6 Å². The Kier molecular flexibility index (Phi) is 6.52. The van der Waals surface area contributed by atoms with E-state index in [1.54, 1.807) is 0 Å². The van der Waals surface area contributed by atoms with E-state index in [0.717, 1.165) is 25.9 Å². The van der Waals surface area contributed by atoms with Gasteiger partial charge in [0.1, 0.15) is 0 Å². The van der Waals surface area contributed by atoms with Gasteiger partial charge in [-0.25, -0.2) is 0 Å². The minimum absolute atomic E-state index is 0.150. The molecule has 1 fully saturated rings. The zero-order valence-electron chi connectivity index (χ0n) is 11.2. The topological polar surface area (TPSA) is 67.2 Å². The molecular weight excluding hydrogens is 214 g/mol. The molecule has 1 rings (SSSR count).